The lowest BCUT2D eigenvalue weighted by atomic mass is 9.92. The molecule has 2 amide bonds. The maximum atomic E-state index is 13.3. The fraction of sp³-hybridized carbons (Fsp3) is 0.481. The van der Waals surface area contributed by atoms with Crippen LogP contribution >= 0.6 is 0 Å². The molecule has 2 aromatic carbocycles. The van der Waals surface area contributed by atoms with Gasteiger partial charge >= 0.3 is 0 Å². The molecule has 3 aliphatic rings. The molecule has 2 aromatic rings. The number of nitrogens with zero attached hydrogens (tertiary/aromatic N) is 2. The molecule has 0 aliphatic carbocycles. The summed E-state index contributed by atoms with van der Waals surface area (Å²) in [6, 6.07) is 9.94. The fourth-order valence-electron chi connectivity index (χ4n) is 5.22. The van der Waals surface area contributed by atoms with Crippen molar-refractivity contribution in [2.75, 3.05) is 38.3 Å². The van der Waals surface area contributed by atoms with E-state index in [1.165, 1.54) is 22.3 Å². The van der Waals surface area contributed by atoms with E-state index in [0.717, 1.165) is 38.9 Å². The van der Waals surface area contributed by atoms with Crippen molar-refractivity contribution in [3.05, 3.63) is 52.6 Å². The zero-order valence-corrected chi connectivity index (χ0v) is 20.1. The predicted octanol–water partition coefficient (Wildman–Crippen LogP) is 3.66. The number of amides is 2. The highest BCUT2D eigenvalue weighted by molar-refractivity contribution is 5.91. The van der Waals surface area contributed by atoms with Crippen molar-refractivity contribution in [3.63, 3.8) is 0 Å². The Morgan fingerprint density at radius 1 is 1.03 bits per heavy atom. The molecule has 1 unspecified atom stereocenters. The minimum Gasteiger partial charge on any atom is -0.454 e. The zero-order valence-electron chi connectivity index (χ0n) is 20.1. The van der Waals surface area contributed by atoms with Crippen LogP contribution in [0.1, 0.15) is 41.5 Å². The number of aryl methyl sites for hydroxylation is 2. The van der Waals surface area contributed by atoms with Gasteiger partial charge in [-0.3, -0.25) is 9.59 Å². The van der Waals surface area contributed by atoms with Gasteiger partial charge in [-0.1, -0.05) is 12.1 Å². The molecule has 3 heterocycles. The number of hydrogen-bond donors (Lipinski definition) is 1. The number of likely N-dealkylation sites (tertiary alicyclic amines) is 1. The highest BCUT2D eigenvalue weighted by Crippen LogP contribution is 2.34. The van der Waals surface area contributed by atoms with Crippen molar-refractivity contribution in [1.82, 2.24) is 9.80 Å². The third kappa shape index (κ3) is 4.89. The van der Waals surface area contributed by atoms with Crippen LogP contribution < -0.4 is 14.8 Å². The minimum atomic E-state index is -0.0365. The smallest absolute Gasteiger partial charge is 0.231 e. The first-order chi connectivity index (χ1) is 16.5. The Hall–Kier alpha value is -3.06. The van der Waals surface area contributed by atoms with Crippen LogP contribution in [0.5, 0.6) is 11.5 Å². The van der Waals surface area contributed by atoms with Gasteiger partial charge in [0, 0.05) is 44.4 Å². The van der Waals surface area contributed by atoms with Crippen molar-refractivity contribution in [2.24, 2.45) is 5.92 Å². The van der Waals surface area contributed by atoms with Crippen molar-refractivity contribution in [3.8, 4) is 11.5 Å². The lowest BCUT2D eigenvalue weighted by Gasteiger charge is -2.37. The first kappa shape index (κ1) is 22.7. The Morgan fingerprint density at radius 3 is 2.68 bits per heavy atom. The van der Waals surface area contributed by atoms with E-state index >= 15 is 0 Å². The molecule has 7 heteroatoms. The lowest BCUT2D eigenvalue weighted by molar-refractivity contribution is -0.138. The average Bonchev–Trinajstić information content (AvgIpc) is 3.31. The fourth-order valence-corrected chi connectivity index (χ4v) is 5.22. The zero-order chi connectivity index (χ0) is 23.7. The second kappa shape index (κ2) is 9.66. The minimum absolute atomic E-state index is 0.0127. The van der Waals surface area contributed by atoms with Crippen LogP contribution in [0.25, 0.3) is 0 Å². The second-order valence-corrected chi connectivity index (χ2v) is 9.72. The van der Waals surface area contributed by atoms with Gasteiger partial charge in [0.15, 0.2) is 11.5 Å². The lowest BCUT2D eigenvalue weighted by Crippen LogP contribution is -2.46. The molecule has 34 heavy (non-hydrogen) atoms. The second-order valence-electron chi connectivity index (χ2n) is 9.72. The van der Waals surface area contributed by atoms with Crippen molar-refractivity contribution < 1.29 is 19.1 Å². The molecule has 0 saturated carbocycles. The third-order valence-electron chi connectivity index (χ3n) is 7.31. The van der Waals surface area contributed by atoms with Gasteiger partial charge < -0.3 is 24.6 Å². The number of carbonyl (C=O) groups excluding carboxylic acids is 2. The summed E-state index contributed by atoms with van der Waals surface area (Å²) < 4.78 is 10.7. The van der Waals surface area contributed by atoms with Gasteiger partial charge in [-0.05, 0) is 74.0 Å². The molecule has 180 valence electrons. The number of piperidine rings is 1. The predicted molar refractivity (Wildman–Crippen MR) is 130 cm³/mol. The summed E-state index contributed by atoms with van der Waals surface area (Å²) in [5, 5.41) is 2.94. The van der Waals surface area contributed by atoms with Gasteiger partial charge in [0.25, 0.3) is 0 Å². The Morgan fingerprint density at radius 2 is 1.82 bits per heavy atom. The quantitative estimate of drug-likeness (QED) is 0.733. The van der Waals surface area contributed by atoms with E-state index in [1.807, 2.05) is 11.0 Å². The Labute approximate surface area is 201 Å². The number of nitrogens with one attached hydrogen (secondary N) is 1. The van der Waals surface area contributed by atoms with Crippen molar-refractivity contribution in [2.45, 2.75) is 46.1 Å². The summed E-state index contributed by atoms with van der Waals surface area (Å²) in [5.41, 5.74) is 5.98. The monoisotopic (exact) mass is 463 g/mol. The number of hydrogen-bond acceptors (Lipinski definition) is 5. The van der Waals surface area contributed by atoms with Gasteiger partial charge in [0.2, 0.25) is 18.6 Å². The summed E-state index contributed by atoms with van der Waals surface area (Å²) in [6.45, 7) is 8.32. The topological polar surface area (TPSA) is 71.1 Å². The molecule has 1 atom stereocenters. The van der Waals surface area contributed by atoms with Crippen LogP contribution in [-0.4, -0.2) is 54.6 Å². The number of carbonyl (C=O) groups is 2. The van der Waals surface area contributed by atoms with Gasteiger partial charge in [0.05, 0.1) is 5.92 Å². The van der Waals surface area contributed by atoms with Crippen molar-refractivity contribution >= 4 is 17.5 Å². The number of ether oxygens (including phenoxy) is 2. The number of rotatable bonds is 5. The Bertz CT molecular complexity index is 1100. The molecule has 0 radical (unpaired) electrons. The molecule has 5 rings (SSSR count). The van der Waals surface area contributed by atoms with Gasteiger partial charge in [-0.15, -0.1) is 0 Å². The van der Waals surface area contributed by atoms with Gasteiger partial charge in [0.1, 0.15) is 0 Å². The summed E-state index contributed by atoms with van der Waals surface area (Å²) in [5.74, 6) is 1.59. The molecule has 7 nitrogen and oxygen atoms in total. The average molecular weight is 464 g/mol. The maximum absolute atomic E-state index is 13.3. The molecular weight excluding hydrogens is 430 g/mol. The number of benzene rings is 2. The van der Waals surface area contributed by atoms with E-state index in [4.69, 9.17) is 9.47 Å². The third-order valence-corrected chi connectivity index (χ3v) is 7.31. The number of fused-ring (bicyclic) bond motifs is 2. The van der Waals surface area contributed by atoms with Crippen LogP contribution in [0.3, 0.4) is 0 Å². The van der Waals surface area contributed by atoms with E-state index in [-0.39, 0.29) is 24.5 Å². The Balaban J connectivity index is 1.12. The molecule has 0 aromatic heterocycles. The summed E-state index contributed by atoms with van der Waals surface area (Å²) in [4.78, 5) is 30.1. The summed E-state index contributed by atoms with van der Waals surface area (Å²) in [7, 11) is 0. The Kier molecular flexibility index (Phi) is 6.46. The molecule has 0 bridgehead atoms. The van der Waals surface area contributed by atoms with E-state index in [2.05, 4.69) is 36.2 Å². The molecule has 3 aliphatic heterocycles. The highest BCUT2D eigenvalue weighted by atomic mass is 16.7. The van der Waals surface area contributed by atoms with Crippen LogP contribution in [0.2, 0.25) is 0 Å². The maximum Gasteiger partial charge on any atom is 0.231 e. The normalized spacial score (nSPS) is 19.6. The van der Waals surface area contributed by atoms with Crippen LogP contribution in [0, 0.1) is 19.8 Å². The van der Waals surface area contributed by atoms with Gasteiger partial charge in [-0.2, -0.15) is 0 Å². The van der Waals surface area contributed by atoms with E-state index in [9.17, 15) is 9.59 Å². The summed E-state index contributed by atoms with van der Waals surface area (Å²) >= 11 is 0. The largest absolute Gasteiger partial charge is 0.454 e. The molecule has 1 saturated heterocycles. The first-order valence-electron chi connectivity index (χ1n) is 12.3. The highest BCUT2D eigenvalue weighted by Gasteiger charge is 2.31. The molecule has 0 spiro atoms. The van der Waals surface area contributed by atoms with Crippen LogP contribution in [0.4, 0.5) is 5.69 Å². The summed E-state index contributed by atoms with van der Waals surface area (Å²) in [6.07, 6.45) is 3.24. The standard InChI is InChI=1S/C27H33N3O4/c1-18-12-20-7-11-30(16-22(20)13-19(18)2)27(32)21-4-3-9-29(15-21)10-8-26(31)28-23-5-6-24-25(14-23)34-17-33-24/h5-6,12-14,21H,3-4,7-11,15-17H2,1-2H3,(H,28,31). The van der Waals surface area contributed by atoms with Gasteiger partial charge in [-0.25, -0.2) is 0 Å². The van der Waals surface area contributed by atoms with E-state index < -0.39 is 0 Å². The van der Waals surface area contributed by atoms with E-state index in [1.54, 1.807) is 12.1 Å². The number of anilines is 1. The molecular formula is C27H33N3O4. The van der Waals surface area contributed by atoms with Crippen LogP contribution in [0.15, 0.2) is 30.3 Å². The molecule has 1 N–H and O–H groups in total. The SMILES string of the molecule is Cc1cc2c(cc1C)CN(C(=O)C1CCCN(CCC(=O)Nc3ccc4c(c3)OCO4)C1)CC2. The van der Waals surface area contributed by atoms with Crippen LogP contribution in [-0.2, 0) is 22.6 Å². The van der Waals surface area contributed by atoms with Crippen molar-refractivity contribution in [1.29, 1.82) is 0 Å². The first-order valence-corrected chi connectivity index (χ1v) is 12.3. The van der Waals surface area contributed by atoms with E-state index in [0.29, 0.717) is 36.7 Å². The molecule has 1 fully saturated rings.